The third-order valence-corrected chi connectivity index (χ3v) is 4.07. The molecular weight excluding hydrogens is 238 g/mol. The van der Waals surface area contributed by atoms with E-state index in [9.17, 15) is 9.90 Å². The lowest BCUT2D eigenvalue weighted by molar-refractivity contribution is -0.140. The molecule has 1 rings (SSSR count). The zero-order valence-corrected chi connectivity index (χ0v) is 13.1. The molecule has 0 saturated heterocycles. The van der Waals surface area contributed by atoms with Crippen LogP contribution >= 0.6 is 0 Å². The van der Waals surface area contributed by atoms with Crippen LogP contribution in [0.5, 0.6) is 0 Å². The minimum atomic E-state index is -0.676. The molecule has 0 aromatic carbocycles. The van der Waals surface area contributed by atoms with Crippen molar-refractivity contribution in [3.05, 3.63) is 0 Å². The van der Waals surface area contributed by atoms with Gasteiger partial charge >= 0.3 is 5.97 Å². The van der Waals surface area contributed by atoms with Crippen molar-refractivity contribution in [1.29, 1.82) is 0 Å². The number of rotatable bonds is 8. The van der Waals surface area contributed by atoms with Crippen LogP contribution in [0, 0.1) is 11.8 Å². The molecule has 0 radical (unpaired) electrons. The first-order valence-electron chi connectivity index (χ1n) is 7.87. The lowest BCUT2D eigenvalue weighted by Gasteiger charge is -2.37. The van der Waals surface area contributed by atoms with E-state index < -0.39 is 5.97 Å². The highest BCUT2D eigenvalue weighted by atomic mass is 16.4. The standard InChI is InChI=1S/C16H31NO2/c1-12(2)9-15(10-13(3)4)17(11-16(18)19)14-7-5-6-8-14/h12-15H,5-11H2,1-4H3,(H,18,19). The third kappa shape index (κ3) is 5.94. The van der Waals surface area contributed by atoms with Gasteiger partial charge in [0.05, 0.1) is 6.54 Å². The van der Waals surface area contributed by atoms with Crippen LogP contribution in [0.3, 0.4) is 0 Å². The third-order valence-electron chi connectivity index (χ3n) is 4.07. The van der Waals surface area contributed by atoms with Crippen LogP contribution in [-0.4, -0.2) is 34.6 Å². The second-order valence-corrected chi connectivity index (χ2v) is 6.92. The van der Waals surface area contributed by atoms with E-state index in [4.69, 9.17) is 0 Å². The van der Waals surface area contributed by atoms with Gasteiger partial charge in [-0.05, 0) is 37.5 Å². The lowest BCUT2D eigenvalue weighted by Crippen LogP contribution is -2.46. The Morgan fingerprint density at radius 1 is 1.11 bits per heavy atom. The Balaban J connectivity index is 2.77. The number of nitrogens with zero attached hydrogens (tertiary/aromatic N) is 1. The van der Waals surface area contributed by atoms with Crippen molar-refractivity contribution in [1.82, 2.24) is 4.90 Å². The first-order chi connectivity index (χ1) is 8.90. The van der Waals surface area contributed by atoms with Crippen LogP contribution in [0.25, 0.3) is 0 Å². The Labute approximate surface area is 118 Å². The number of aliphatic carboxylic acids is 1. The highest BCUT2D eigenvalue weighted by Crippen LogP contribution is 2.29. The molecule has 0 aromatic heterocycles. The molecule has 0 unspecified atom stereocenters. The van der Waals surface area contributed by atoms with Gasteiger partial charge in [0.25, 0.3) is 0 Å². The number of carbonyl (C=O) groups is 1. The summed E-state index contributed by atoms with van der Waals surface area (Å²) in [5.74, 6) is 0.576. The molecule has 3 heteroatoms. The number of hydrogen-bond donors (Lipinski definition) is 1. The molecule has 1 aliphatic rings. The molecule has 0 spiro atoms. The van der Waals surface area contributed by atoms with Crippen LogP contribution in [0.2, 0.25) is 0 Å². The molecule has 0 aromatic rings. The monoisotopic (exact) mass is 269 g/mol. The fraction of sp³-hybridized carbons (Fsp3) is 0.938. The molecule has 0 bridgehead atoms. The normalized spacial score (nSPS) is 17.3. The molecule has 19 heavy (non-hydrogen) atoms. The molecule has 112 valence electrons. The van der Waals surface area contributed by atoms with E-state index >= 15 is 0 Å². The SMILES string of the molecule is CC(C)CC(CC(C)C)N(CC(=O)O)C1CCCC1. The summed E-state index contributed by atoms with van der Waals surface area (Å²) in [6.07, 6.45) is 7.11. The second kappa shape index (κ2) is 7.88. The Kier molecular flexibility index (Phi) is 6.84. The van der Waals surface area contributed by atoms with Crippen LogP contribution in [0.15, 0.2) is 0 Å². The van der Waals surface area contributed by atoms with Gasteiger partial charge in [-0.1, -0.05) is 40.5 Å². The van der Waals surface area contributed by atoms with E-state index in [2.05, 4.69) is 32.6 Å². The van der Waals surface area contributed by atoms with Gasteiger partial charge in [-0.25, -0.2) is 0 Å². The maximum atomic E-state index is 11.2. The quantitative estimate of drug-likeness (QED) is 0.729. The first-order valence-corrected chi connectivity index (χ1v) is 7.87. The average molecular weight is 269 g/mol. The van der Waals surface area contributed by atoms with E-state index in [0.717, 1.165) is 12.8 Å². The van der Waals surface area contributed by atoms with Gasteiger partial charge in [-0.3, -0.25) is 9.69 Å². The molecule has 3 nitrogen and oxygen atoms in total. The van der Waals surface area contributed by atoms with Gasteiger partial charge in [0, 0.05) is 12.1 Å². The predicted molar refractivity (Wildman–Crippen MR) is 79.3 cm³/mol. The van der Waals surface area contributed by atoms with E-state index in [0.29, 0.717) is 23.9 Å². The Morgan fingerprint density at radius 3 is 1.95 bits per heavy atom. The summed E-state index contributed by atoms with van der Waals surface area (Å²) in [5, 5.41) is 9.22. The lowest BCUT2D eigenvalue weighted by atomic mass is 9.93. The maximum Gasteiger partial charge on any atom is 0.317 e. The van der Waals surface area contributed by atoms with E-state index in [1.165, 1.54) is 25.7 Å². The van der Waals surface area contributed by atoms with Crippen molar-refractivity contribution in [2.24, 2.45) is 11.8 Å². The van der Waals surface area contributed by atoms with Crippen molar-refractivity contribution in [3.8, 4) is 0 Å². The molecule has 0 amide bonds. The minimum absolute atomic E-state index is 0.217. The van der Waals surface area contributed by atoms with Gasteiger partial charge in [0.1, 0.15) is 0 Å². The Bertz CT molecular complexity index is 260. The first kappa shape index (κ1) is 16.5. The topological polar surface area (TPSA) is 40.5 Å². The van der Waals surface area contributed by atoms with Crippen LogP contribution in [0.4, 0.5) is 0 Å². The summed E-state index contributed by atoms with van der Waals surface area (Å²) < 4.78 is 0. The van der Waals surface area contributed by atoms with Crippen molar-refractivity contribution in [3.63, 3.8) is 0 Å². The van der Waals surface area contributed by atoms with Gasteiger partial charge in [0.2, 0.25) is 0 Å². The zero-order valence-electron chi connectivity index (χ0n) is 13.1. The van der Waals surface area contributed by atoms with E-state index in [1.54, 1.807) is 0 Å². The summed E-state index contributed by atoms with van der Waals surface area (Å²) in [7, 11) is 0. The van der Waals surface area contributed by atoms with Crippen molar-refractivity contribution in [2.45, 2.75) is 78.3 Å². The Hall–Kier alpha value is -0.570. The molecule has 1 saturated carbocycles. The summed E-state index contributed by atoms with van der Waals surface area (Å²) in [6, 6.07) is 0.929. The van der Waals surface area contributed by atoms with Gasteiger partial charge in [-0.15, -0.1) is 0 Å². The molecule has 0 aliphatic heterocycles. The maximum absolute atomic E-state index is 11.2. The minimum Gasteiger partial charge on any atom is -0.480 e. The van der Waals surface area contributed by atoms with Crippen molar-refractivity contribution < 1.29 is 9.90 Å². The molecule has 0 atom stereocenters. The molecular formula is C16H31NO2. The number of carboxylic acid groups (broad SMARTS) is 1. The fourth-order valence-electron chi connectivity index (χ4n) is 3.40. The number of hydrogen-bond acceptors (Lipinski definition) is 2. The largest absolute Gasteiger partial charge is 0.480 e. The fourth-order valence-corrected chi connectivity index (χ4v) is 3.40. The highest BCUT2D eigenvalue weighted by molar-refractivity contribution is 5.69. The summed E-state index contributed by atoms with van der Waals surface area (Å²) in [6.45, 7) is 9.17. The van der Waals surface area contributed by atoms with Gasteiger partial charge in [-0.2, -0.15) is 0 Å². The van der Waals surface area contributed by atoms with Crippen molar-refractivity contribution in [2.75, 3.05) is 6.54 Å². The molecule has 0 heterocycles. The van der Waals surface area contributed by atoms with Gasteiger partial charge in [0.15, 0.2) is 0 Å². The molecule has 1 N–H and O–H groups in total. The van der Waals surface area contributed by atoms with Crippen LogP contribution in [0.1, 0.15) is 66.2 Å². The van der Waals surface area contributed by atoms with E-state index in [-0.39, 0.29) is 6.54 Å². The predicted octanol–water partition coefficient (Wildman–Crippen LogP) is 3.78. The van der Waals surface area contributed by atoms with E-state index in [1.807, 2.05) is 0 Å². The second-order valence-electron chi connectivity index (χ2n) is 6.92. The summed E-state index contributed by atoms with van der Waals surface area (Å²) >= 11 is 0. The summed E-state index contributed by atoms with van der Waals surface area (Å²) in [4.78, 5) is 13.5. The van der Waals surface area contributed by atoms with Gasteiger partial charge < -0.3 is 5.11 Å². The zero-order chi connectivity index (χ0) is 14.4. The van der Waals surface area contributed by atoms with Crippen LogP contribution < -0.4 is 0 Å². The van der Waals surface area contributed by atoms with Crippen molar-refractivity contribution >= 4 is 5.97 Å². The highest BCUT2D eigenvalue weighted by Gasteiger charge is 2.30. The smallest absolute Gasteiger partial charge is 0.317 e. The number of carboxylic acids is 1. The Morgan fingerprint density at radius 2 is 1.58 bits per heavy atom. The average Bonchev–Trinajstić information content (AvgIpc) is 2.76. The molecule has 1 fully saturated rings. The van der Waals surface area contributed by atoms with Crippen LogP contribution in [-0.2, 0) is 4.79 Å². The molecule has 1 aliphatic carbocycles. The summed E-state index contributed by atoms with van der Waals surface area (Å²) in [5.41, 5.74) is 0.